The molecule has 3 nitrogen and oxygen atoms in total. The molecule has 108 valence electrons. The van der Waals surface area contributed by atoms with Crippen molar-refractivity contribution >= 4 is 17.2 Å². The average Bonchev–Trinajstić information content (AvgIpc) is 2.99. The minimum atomic E-state index is 0.0771. The Hall–Kier alpha value is -1.55. The Bertz CT molecular complexity index is 523. The first-order valence-electron chi connectivity index (χ1n) is 6.99. The van der Waals surface area contributed by atoms with Gasteiger partial charge < -0.3 is 10.1 Å². The highest BCUT2D eigenvalue weighted by molar-refractivity contribution is 7.10. The van der Waals surface area contributed by atoms with E-state index in [2.05, 4.69) is 48.6 Å². The fourth-order valence-corrected chi connectivity index (χ4v) is 2.76. The number of rotatable bonds is 7. The molecule has 4 heteroatoms. The van der Waals surface area contributed by atoms with Crippen LogP contribution in [0.1, 0.15) is 32.1 Å². The van der Waals surface area contributed by atoms with E-state index in [1.54, 1.807) is 17.5 Å². The number of thiophene rings is 1. The van der Waals surface area contributed by atoms with Gasteiger partial charge in [-0.05, 0) is 30.0 Å². The Morgan fingerprint density at radius 3 is 2.85 bits per heavy atom. The Balaban J connectivity index is 2.03. The van der Waals surface area contributed by atoms with E-state index < -0.39 is 0 Å². The topological polar surface area (TPSA) is 34.1 Å². The third-order valence-electron chi connectivity index (χ3n) is 3.12. The summed E-state index contributed by atoms with van der Waals surface area (Å²) < 4.78 is 5.72. The molecule has 0 spiro atoms. The largest absolute Gasteiger partial charge is 0.490 e. The van der Waals surface area contributed by atoms with E-state index in [1.165, 1.54) is 4.88 Å². The van der Waals surface area contributed by atoms with Crippen molar-refractivity contribution in [3.8, 4) is 5.75 Å². The van der Waals surface area contributed by atoms with Crippen LogP contribution < -0.4 is 10.1 Å². The minimum absolute atomic E-state index is 0.0771. The first kappa shape index (κ1) is 14.9. The summed E-state index contributed by atoms with van der Waals surface area (Å²) in [7, 11) is 0. The van der Waals surface area contributed by atoms with Crippen LogP contribution in [0.5, 0.6) is 5.75 Å². The van der Waals surface area contributed by atoms with Gasteiger partial charge in [0.15, 0.2) is 11.6 Å². The van der Waals surface area contributed by atoms with Crippen molar-refractivity contribution in [2.75, 3.05) is 18.5 Å². The highest BCUT2D eigenvalue weighted by Crippen LogP contribution is 2.29. The molecule has 20 heavy (non-hydrogen) atoms. The second kappa shape index (κ2) is 6.75. The molecule has 2 aromatic rings. The van der Waals surface area contributed by atoms with Gasteiger partial charge in [0.1, 0.15) is 0 Å². The number of nitrogens with zero attached hydrogens (tertiary/aromatic N) is 1. The molecule has 0 amide bonds. The van der Waals surface area contributed by atoms with Crippen LogP contribution in [0.3, 0.4) is 0 Å². The number of nitrogens with one attached hydrogen (secondary N) is 1. The smallest absolute Gasteiger partial charge is 0.168 e. The van der Waals surface area contributed by atoms with Crippen LogP contribution in [0.4, 0.5) is 5.82 Å². The molecule has 0 atom stereocenters. The second-order valence-corrected chi connectivity index (χ2v) is 6.36. The van der Waals surface area contributed by atoms with Gasteiger partial charge in [-0.3, -0.25) is 0 Å². The van der Waals surface area contributed by atoms with Gasteiger partial charge in [0.2, 0.25) is 0 Å². The van der Waals surface area contributed by atoms with Gasteiger partial charge in [0, 0.05) is 23.0 Å². The molecular weight excluding hydrogens is 268 g/mol. The molecule has 2 aromatic heterocycles. The Labute approximate surface area is 125 Å². The Morgan fingerprint density at radius 2 is 2.15 bits per heavy atom. The van der Waals surface area contributed by atoms with Crippen molar-refractivity contribution in [2.45, 2.75) is 32.6 Å². The maximum Gasteiger partial charge on any atom is 0.168 e. The SMILES string of the molecule is CCCOc1cccnc1NCC(C)(C)c1cccs1. The normalized spacial score (nSPS) is 11.3. The predicted molar refractivity (Wildman–Crippen MR) is 85.9 cm³/mol. The van der Waals surface area contributed by atoms with Crippen LogP contribution in [0, 0.1) is 0 Å². The molecular formula is C16H22N2OS. The summed E-state index contributed by atoms with van der Waals surface area (Å²) in [4.78, 5) is 5.76. The third-order valence-corrected chi connectivity index (χ3v) is 4.35. The maximum atomic E-state index is 5.72. The zero-order valence-corrected chi connectivity index (χ0v) is 13.2. The Kier molecular flexibility index (Phi) is 5.01. The molecule has 0 saturated heterocycles. The van der Waals surface area contributed by atoms with Crippen molar-refractivity contribution in [1.82, 2.24) is 4.98 Å². The number of ether oxygens (including phenoxy) is 1. The third kappa shape index (κ3) is 3.73. The summed E-state index contributed by atoms with van der Waals surface area (Å²) in [6, 6.07) is 8.14. The van der Waals surface area contributed by atoms with Crippen LogP contribution in [0.25, 0.3) is 0 Å². The zero-order valence-electron chi connectivity index (χ0n) is 12.3. The maximum absolute atomic E-state index is 5.72. The highest BCUT2D eigenvalue weighted by atomic mass is 32.1. The number of hydrogen-bond acceptors (Lipinski definition) is 4. The number of hydrogen-bond donors (Lipinski definition) is 1. The fraction of sp³-hybridized carbons (Fsp3) is 0.438. The first-order chi connectivity index (χ1) is 9.63. The number of pyridine rings is 1. The molecule has 0 saturated carbocycles. The molecule has 0 aromatic carbocycles. The van der Waals surface area contributed by atoms with Crippen molar-refractivity contribution in [1.29, 1.82) is 0 Å². The number of aromatic nitrogens is 1. The van der Waals surface area contributed by atoms with Gasteiger partial charge in [-0.1, -0.05) is 26.8 Å². The molecule has 0 fully saturated rings. The van der Waals surface area contributed by atoms with Crippen LogP contribution >= 0.6 is 11.3 Å². The minimum Gasteiger partial charge on any atom is -0.490 e. The summed E-state index contributed by atoms with van der Waals surface area (Å²) in [5.74, 6) is 1.65. The van der Waals surface area contributed by atoms with Crippen LogP contribution in [0.2, 0.25) is 0 Å². The molecule has 0 aliphatic carbocycles. The van der Waals surface area contributed by atoms with E-state index >= 15 is 0 Å². The van der Waals surface area contributed by atoms with Crippen LogP contribution in [0.15, 0.2) is 35.8 Å². The lowest BCUT2D eigenvalue weighted by molar-refractivity contribution is 0.317. The molecule has 1 N–H and O–H groups in total. The lowest BCUT2D eigenvalue weighted by Crippen LogP contribution is -2.27. The second-order valence-electron chi connectivity index (χ2n) is 5.41. The van der Waals surface area contributed by atoms with Gasteiger partial charge in [-0.15, -0.1) is 11.3 Å². The molecule has 2 rings (SSSR count). The molecule has 2 heterocycles. The Morgan fingerprint density at radius 1 is 1.30 bits per heavy atom. The van der Waals surface area contributed by atoms with Crippen LogP contribution in [-0.4, -0.2) is 18.1 Å². The zero-order chi connectivity index (χ0) is 14.4. The van der Waals surface area contributed by atoms with Gasteiger partial charge >= 0.3 is 0 Å². The summed E-state index contributed by atoms with van der Waals surface area (Å²) in [5, 5.41) is 5.54. The van der Waals surface area contributed by atoms with E-state index in [-0.39, 0.29) is 5.41 Å². The van der Waals surface area contributed by atoms with E-state index in [0.717, 1.165) is 24.5 Å². The average molecular weight is 290 g/mol. The molecule has 0 aliphatic heterocycles. The summed E-state index contributed by atoms with van der Waals surface area (Å²) in [6.07, 6.45) is 2.79. The van der Waals surface area contributed by atoms with E-state index in [9.17, 15) is 0 Å². The standard InChI is InChI=1S/C16H22N2OS/c1-4-10-19-13-7-5-9-17-15(13)18-12-16(2,3)14-8-6-11-20-14/h5-9,11H,4,10,12H2,1-3H3,(H,17,18). The van der Waals surface area contributed by atoms with Gasteiger partial charge in [-0.2, -0.15) is 0 Å². The summed E-state index contributed by atoms with van der Waals surface area (Å²) in [5.41, 5.74) is 0.0771. The summed E-state index contributed by atoms with van der Waals surface area (Å²) >= 11 is 1.79. The monoisotopic (exact) mass is 290 g/mol. The van der Waals surface area contributed by atoms with Crippen LogP contribution in [-0.2, 0) is 5.41 Å². The quantitative estimate of drug-likeness (QED) is 0.824. The molecule has 0 aliphatic rings. The molecule has 0 bridgehead atoms. The molecule has 0 unspecified atom stereocenters. The number of anilines is 1. The lowest BCUT2D eigenvalue weighted by Gasteiger charge is -2.24. The van der Waals surface area contributed by atoms with Crippen molar-refractivity contribution < 1.29 is 4.74 Å². The van der Waals surface area contributed by atoms with E-state index in [0.29, 0.717) is 6.61 Å². The molecule has 0 radical (unpaired) electrons. The lowest BCUT2D eigenvalue weighted by atomic mass is 9.91. The first-order valence-corrected chi connectivity index (χ1v) is 7.87. The van der Waals surface area contributed by atoms with E-state index in [1.807, 2.05) is 12.1 Å². The van der Waals surface area contributed by atoms with Gasteiger partial charge in [0.05, 0.1) is 6.61 Å². The highest BCUT2D eigenvalue weighted by Gasteiger charge is 2.22. The van der Waals surface area contributed by atoms with Crippen molar-refractivity contribution in [2.24, 2.45) is 0 Å². The van der Waals surface area contributed by atoms with E-state index in [4.69, 9.17) is 4.74 Å². The fourth-order valence-electron chi connectivity index (χ4n) is 1.91. The summed E-state index contributed by atoms with van der Waals surface area (Å²) in [6.45, 7) is 8.12. The van der Waals surface area contributed by atoms with Gasteiger partial charge in [-0.25, -0.2) is 4.98 Å². The predicted octanol–water partition coefficient (Wildman–Crippen LogP) is 4.32. The van der Waals surface area contributed by atoms with Crippen molar-refractivity contribution in [3.63, 3.8) is 0 Å². The van der Waals surface area contributed by atoms with Gasteiger partial charge in [0.25, 0.3) is 0 Å². The van der Waals surface area contributed by atoms with Crippen molar-refractivity contribution in [3.05, 3.63) is 40.7 Å².